The zero-order chi connectivity index (χ0) is 21.8. The maximum absolute atomic E-state index is 12.7. The van der Waals surface area contributed by atoms with Crippen LogP contribution in [0.25, 0.3) is 5.69 Å². The normalized spacial score (nSPS) is 11.6. The molecular formula is C22H22N4O4. The number of nitrogens with one attached hydrogen (secondary N) is 1. The summed E-state index contributed by atoms with van der Waals surface area (Å²) in [6, 6.07) is 15.5. The molecule has 1 heterocycles. The van der Waals surface area contributed by atoms with E-state index in [4.69, 9.17) is 10.5 Å². The van der Waals surface area contributed by atoms with Crippen LogP contribution in [0.2, 0.25) is 0 Å². The predicted molar refractivity (Wildman–Crippen MR) is 112 cm³/mol. The molecule has 0 radical (unpaired) electrons. The van der Waals surface area contributed by atoms with E-state index in [1.54, 1.807) is 30.7 Å². The Morgan fingerprint density at radius 1 is 1.03 bits per heavy atom. The topological polar surface area (TPSA) is 116 Å². The number of nitrogens with two attached hydrogens (primary N) is 1. The van der Waals surface area contributed by atoms with Crippen molar-refractivity contribution in [3.8, 4) is 5.69 Å². The number of carbonyl (C=O) groups excluding carboxylic acids is 3. The maximum atomic E-state index is 12.7. The molecule has 30 heavy (non-hydrogen) atoms. The number of amides is 2. The fourth-order valence-corrected chi connectivity index (χ4v) is 2.99. The molecule has 0 bridgehead atoms. The number of hydrogen-bond acceptors (Lipinski definition) is 5. The van der Waals surface area contributed by atoms with Gasteiger partial charge in [0.15, 0.2) is 6.10 Å². The van der Waals surface area contributed by atoms with Crippen molar-refractivity contribution in [2.75, 3.05) is 5.32 Å². The van der Waals surface area contributed by atoms with Crippen molar-refractivity contribution < 1.29 is 19.1 Å². The minimum absolute atomic E-state index is 0.323. The van der Waals surface area contributed by atoms with Crippen molar-refractivity contribution in [2.24, 2.45) is 5.73 Å². The number of aromatic nitrogens is 2. The molecule has 0 unspecified atom stereocenters. The molecule has 3 rings (SSSR count). The van der Waals surface area contributed by atoms with Crippen molar-refractivity contribution in [1.82, 2.24) is 9.78 Å². The van der Waals surface area contributed by atoms with Gasteiger partial charge in [0.1, 0.15) is 5.56 Å². The van der Waals surface area contributed by atoms with Gasteiger partial charge in [0.05, 0.1) is 17.1 Å². The lowest BCUT2D eigenvalue weighted by Gasteiger charge is -2.14. The quantitative estimate of drug-likeness (QED) is 0.611. The molecule has 0 saturated carbocycles. The van der Waals surface area contributed by atoms with Crippen LogP contribution in [-0.2, 0) is 9.53 Å². The zero-order valence-electron chi connectivity index (χ0n) is 16.9. The summed E-state index contributed by atoms with van der Waals surface area (Å²) in [6.07, 6.45) is -1.04. The molecule has 1 atom stereocenters. The largest absolute Gasteiger partial charge is 0.449 e. The number of ether oxygens (including phenoxy) is 1. The molecule has 0 aliphatic rings. The van der Waals surface area contributed by atoms with Gasteiger partial charge in [-0.25, -0.2) is 9.48 Å². The first-order chi connectivity index (χ1) is 14.3. The SMILES string of the molecule is Cc1nn(-c2ccccc2)c(C)c1C(=O)O[C@@H](C)C(=O)Nc1ccc(C(N)=O)cc1. The van der Waals surface area contributed by atoms with Crippen LogP contribution in [0.1, 0.15) is 39.0 Å². The highest BCUT2D eigenvalue weighted by Crippen LogP contribution is 2.19. The van der Waals surface area contributed by atoms with Crippen LogP contribution in [0.4, 0.5) is 5.69 Å². The fraction of sp³-hybridized carbons (Fsp3) is 0.182. The number of benzene rings is 2. The molecule has 3 N–H and O–H groups in total. The number of esters is 1. The second-order valence-electron chi connectivity index (χ2n) is 6.77. The number of anilines is 1. The van der Waals surface area contributed by atoms with E-state index < -0.39 is 23.9 Å². The Morgan fingerprint density at radius 2 is 1.67 bits per heavy atom. The van der Waals surface area contributed by atoms with Crippen LogP contribution in [0.15, 0.2) is 54.6 Å². The third kappa shape index (κ3) is 4.38. The lowest BCUT2D eigenvalue weighted by atomic mass is 10.2. The first kappa shape index (κ1) is 20.8. The summed E-state index contributed by atoms with van der Waals surface area (Å²) in [5.41, 5.74) is 8.26. The highest BCUT2D eigenvalue weighted by molar-refractivity contribution is 5.99. The van der Waals surface area contributed by atoms with E-state index in [-0.39, 0.29) is 0 Å². The molecule has 2 amide bonds. The van der Waals surface area contributed by atoms with Gasteiger partial charge in [-0.05, 0) is 57.2 Å². The number of nitrogens with zero attached hydrogens (tertiary/aromatic N) is 2. The van der Waals surface area contributed by atoms with Crippen LogP contribution in [-0.4, -0.2) is 33.7 Å². The molecule has 3 aromatic rings. The smallest absolute Gasteiger partial charge is 0.342 e. The lowest BCUT2D eigenvalue weighted by Crippen LogP contribution is -2.30. The van der Waals surface area contributed by atoms with E-state index in [0.717, 1.165) is 5.69 Å². The second-order valence-corrected chi connectivity index (χ2v) is 6.77. The van der Waals surface area contributed by atoms with Gasteiger partial charge in [0.25, 0.3) is 5.91 Å². The van der Waals surface area contributed by atoms with Crippen molar-refractivity contribution in [1.29, 1.82) is 0 Å². The van der Waals surface area contributed by atoms with Crippen LogP contribution in [0.3, 0.4) is 0 Å². The summed E-state index contributed by atoms with van der Waals surface area (Å²) in [4.78, 5) is 36.2. The summed E-state index contributed by atoms with van der Waals surface area (Å²) in [6.45, 7) is 4.97. The van der Waals surface area contributed by atoms with Crippen molar-refractivity contribution in [2.45, 2.75) is 26.9 Å². The monoisotopic (exact) mass is 406 g/mol. The highest BCUT2D eigenvalue weighted by atomic mass is 16.5. The van der Waals surface area contributed by atoms with Gasteiger partial charge in [-0.2, -0.15) is 5.10 Å². The van der Waals surface area contributed by atoms with Crippen molar-refractivity contribution in [3.05, 3.63) is 77.1 Å². The number of aryl methyl sites for hydroxylation is 1. The molecule has 0 saturated heterocycles. The van der Waals surface area contributed by atoms with Crippen molar-refractivity contribution in [3.63, 3.8) is 0 Å². The van der Waals surface area contributed by atoms with Gasteiger partial charge >= 0.3 is 5.97 Å². The summed E-state index contributed by atoms with van der Waals surface area (Å²) in [5, 5.41) is 7.06. The molecule has 2 aromatic carbocycles. The van der Waals surface area contributed by atoms with E-state index in [9.17, 15) is 14.4 Å². The van der Waals surface area contributed by atoms with Gasteiger partial charge in [-0.15, -0.1) is 0 Å². The van der Waals surface area contributed by atoms with Gasteiger partial charge in [-0.1, -0.05) is 18.2 Å². The van der Waals surface area contributed by atoms with Crippen LogP contribution in [0.5, 0.6) is 0 Å². The summed E-state index contributed by atoms with van der Waals surface area (Å²) in [5.74, 6) is -1.68. The zero-order valence-corrected chi connectivity index (χ0v) is 16.9. The van der Waals surface area contributed by atoms with Crippen LogP contribution in [0, 0.1) is 13.8 Å². The first-order valence-electron chi connectivity index (χ1n) is 9.31. The van der Waals surface area contributed by atoms with E-state index in [1.165, 1.54) is 19.1 Å². The lowest BCUT2D eigenvalue weighted by molar-refractivity contribution is -0.123. The Balaban J connectivity index is 1.70. The van der Waals surface area contributed by atoms with Crippen LogP contribution >= 0.6 is 0 Å². The Hall–Kier alpha value is -3.94. The minimum atomic E-state index is -1.04. The molecule has 154 valence electrons. The predicted octanol–water partition coefficient (Wildman–Crippen LogP) is 2.77. The molecule has 0 aliphatic carbocycles. The average Bonchev–Trinajstić information content (AvgIpc) is 3.03. The third-order valence-electron chi connectivity index (χ3n) is 4.59. The Bertz CT molecular complexity index is 1090. The summed E-state index contributed by atoms with van der Waals surface area (Å²) >= 11 is 0. The number of para-hydroxylation sites is 1. The number of carbonyl (C=O) groups is 3. The van der Waals surface area contributed by atoms with E-state index in [2.05, 4.69) is 10.4 Å². The van der Waals surface area contributed by atoms with E-state index in [1.807, 2.05) is 30.3 Å². The van der Waals surface area contributed by atoms with Crippen LogP contribution < -0.4 is 11.1 Å². The van der Waals surface area contributed by atoms with E-state index in [0.29, 0.717) is 28.2 Å². The Kier molecular flexibility index (Phi) is 5.96. The molecule has 8 heteroatoms. The Labute approximate surface area is 173 Å². The molecule has 0 fully saturated rings. The van der Waals surface area contributed by atoms with E-state index >= 15 is 0 Å². The molecule has 0 aliphatic heterocycles. The van der Waals surface area contributed by atoms with Gasteiger partial charge in [0.2, 0.25) is 5.91 Å². The number of hydrogen-bond donors (Lipinski definition) is 2. The standard InChI is InChI=1S/C22H22N4O4/c1-13-19(14(2)26(25-13)18-7-5-4-6-8-18)22(29)30-15(3)21(28)24-17-11-9-16(10-12-17)20(23)27/h4-12,15H,1-3H3,(H2,23,27)(H,24,28)/t15-/m0/s1. The molecule has 1 aromatic heterocycles. The maximum Gasteiger partial charge on any atom is 0.342 e. The fourth-order valence-electron chi connectivity index (χ4n) is 2.99. The first-order valence-corrected chi connectivity index (χ1v) is 9.31. The van der Waals surface area contributed by atoms with Gasteiger partial charge in [0, 0.05) is 11.3 Å². The average molecular weight is 406 g/mol. The molecule has 0 spiro atoms. The highest BCUT2D eigenvalue weighted by Gasteiger charge is 2.25. The number of rotatable bonds is 6. The second kappa shape index (κ2) is 8.60. The van der Waals surface area contributed by atoms with Gasteiger partial charge < -0.3 is 15.8 Å². The summed E-state index contributed by atoms with van der Waals surface area (Å²) in [7, 11) is 0. The molecular weight excluding hydrogens is 384 g/mol. The minimum Gasteiger partial charge on any atom is -0.449 e. The third-order valence-corrected chi connectivity index (χ3v) is 4.59. The van der Waals surface area contributed by atoms with Gasteiger partial charge in [-0.3, -0.25) is 9.59 Å². The van der Waals surface area contributed by atoms with Crippen molar-refractivity contribution >= 4 is 23.5 Å². The molecule has 8 nitrogen and oxygen atoms in total. The Morgan fingerprint density at radius 3 is 2.27 bits per heavy atom. The number of primary amides is 1. The summed E-state index contributed by atoms with van der Waals surface area (Å²) < 4.78 is 7.03.